The minimum Gasteiger partial charge on any atom is -0.497 e. The smallest absolute Gasteiger partial charge is 0.236 e. The third kappa shape index (κ3) is 4.36. The molecule has 3 rings (SSSR count). The maximum Gasteiger partial charge on any atom is 0.236 e. The first-order valence-electron chi connectivity index (χ1n) is 9.20. The summed E-state index contributed by atoms with van der Waals surface area (Å²) in [4.78, 5) is 24.9. The number of likely N-dealkylation sites (tertiary alicyclic amines) is 1. The highest BCUT2D eigenvalue weighted by atomic mass is 16.5. The van der Waals surface area contributed by atoms with Gasteiger partial charge in [0.1, 0.15) is 5.75 Å². The first-order valence-corrected chi connectivity index (χ1v) is 9.20. The Bertz CT molecular complexity index is 809. The number of methoxy groups -OCH3 is 1. The average molecular weight is 369 g/mol. The van der Waals surface area contributed by atoms with E-state index in [2.05, 4.69) is 14.9 Å². The second-order valence-electron chi connectivity index (χ2n) is 7.03. The molecular formula is C20H27N5O2. The molecule has 1 atom stereocenters. The Morgan fingerprint density at radius 1 is 1.37 bits per heavy atom. The van der Waals surface area contributed by atoms with Gasteiger partial charge in [-0.3, -0.25) is 9.69 Å². The highest BCUT2D eigenvalue weighted by Gasteiger charge is 2.29. The summed E-state index contributed by atoms with van der Waals surface area (Å²) >= 11 is 0. The lowest BCUT2D eigenvalue weighted by atomic mass is 9.93. The normalized spacial score (nSPS) is 17.5. The van der Waals surface area contributed by atoms with E-state index in [4.69, 9.17) is 10.5 Å². The van der Waals surface area contributed by atoms with Crippen LogP contribution in [0.4, 0.5) is 5.95 Å². The molecule has 1 aliphatic rings. The van der Waals surface area contributed by atoms with Gasteiger partial charge in [-0.05, 0) is 37.1 Å². The quantitative estimate of drug-likeness (QED) is 0.871. The number of aromatic nitrogens is 2. The van der Waals surface area contributed by atoms with E-state index in [9.17, 15) is 4.79 Å². The van der Waals surface area contributed by atoms with Crippen molar-refractivity contribution in [3.63, 3.8) is 0 Å². The van der Waals surface area contributed by atoms with E-state index < -0.39 is 0 Å². The molecule has 7 nitrogen and oxygen atoms in total. The van der Waals surface area contributed by atoms with Gasteiger partial charge in [-0.15, -0.1) is 0 Å². The van der Waals surface area contributed by atoms with E-state index in [1.807, 2.05) is 24.3 Å². The zero-order valence-electron chi connectivity index (χ0n) is 16.2. The largest absolute Gasteiger partial charge is 0.497 e. The molecule has 0 aliphatic carbocycles. The lowest BCUT2D eigenvalue weighted by Crippen LogP contribution is -2.41. The van der Waals surface area contributed by atoms with Gasteiger partial charge in [-0.1, -0.05) is 18.6 Å². The maximum atomic E-state index is 12.3. The first-order chi connectivity index (χ1) is 13.0. The minimum atomic E-state index is 0.0363. The number of likely N-dealkylation sites (N-methyl/N-ethyl adjacent to an activating group) is 1. The van der Waals surface area contributed by atoms with Crippen LogP contribution in [0.15, 0.2) is 30.5 Å². The van der Waals surface area contributed by atoms with Crippen LogP contribution in [0.3, 0.4) is 0 Å². The average Bonchev–Trinajstić information content (AvgIpc) is 2.68. The van der Waals surface area contributed by atoms with Crippen LogP contribution >= 0.6 is 0 Å². The number of hydrogen-bond acceptors (Lipinski definition) is 6. The summed E-state index contributed by atoms with van der Waals surface area (Å²) in [5.74, 6) is 1.12. The predicted octanol–water partition coefficient (Wildman–Crippen LogP) is 2.35. The molecule has 27 heavy (non-hydrogen) atoms. The van der Waals surface area contributed by atoms with Crippen molar-refractivity contribution in [2.75, 3.05) is 40.0 Å². The summed E-state index contributed by atoms with van der Waals surface area (Å²) in [6.45, 7) is 1.24. The monoisotopic (exact) mass is 369 g/mol. The summed E-state index contributed by atoms with van der Waals surface area (Å²) < 4.78 is 5.36. The number of anilines is 1. The van der Waals surface area contributed by atoms with Crippen molar-refractivity contribution in [2.24, 2.45) is 0 Å². The number of amides is 1. The van der Waals surface area contributed by atoms with Gasteiger partial charge in [0.2, 0.25) is 11.9 Å². The number of carbonyl (C=O) groups is 1. The zero-order chi connectivity index (χ0) is 19.4. The summed E-state index contributed by atoms with van der Waals surface area (Å²) in [5, 5.41) is 0. The lowest BCUT2D eigenvalue weighted by Gasteiger charge is -2.36. The molecule has 0 radical (unpaired) electrons. The van der Waals surface area contributed by atoms with E-state index in [1.54, 1.807) is 32.3 Å². The van der Waals surface area contributed by atoms with Crippen LogP contribution in [0.5, 0.6) is 5.75 Å². The summed E-state index contributed by atoms with van der Waals surface area (Å²) in [7, 11) is 5.21. The van der Waals surface area contributed by atoms with Crippen LogP contribution in [-0.2, 0) is 4.79 Å². The number of nitrogen functional groups attached to an aromatic ring is 1. The number of ether oxygens (including phenoxy) is 1. The topological polar surface area (TPSA) is 84.6 Å². The van der Waals surface area contributed by atoms with Gasteiger partial charge in [0, 0.05) is 25.9 Å². The van der Waals surface area contributed by atoms with E-state index in [0.29, 0.717) is 6.54 Å². The molecule has 1 saturated heterocycles. The van der Waals surface area contributed by atoms with Crippen molar-refractivity contribution in [2.45, 2.75) is 25.3 Å². The van der Waals surface area contributed by atoms with Gasteiger partial charge in [0.15, 0.2) is 0 Å². The molecule has 0 bridgehead atoms. The number of nitrogens with two attached hydrogens (primary N) is 1. The second kappa shape index (κ2) is 8.35. The molecule has 1 amide bonds. The van der Waals surface area contributed by atoms with Gasteiger partial charge in [-0.2, -0.15) is 0 Å². The molecule has 2 aromatic rings. The molecule has 1 aromatic heterocycles. The fourth-order valence-corrected chi connectivity index (χ4v) is 3.48. The van der Waals surface area contributed by atoms with Gasteiger partial charge in [-0.25, -0.2) is 9.97 Å². The van der Waals surface area contributed by atoms with Gasteiger partial charge in [0.25, 0.3) is 0 Å². The number of rotatable bonds is 5. The Hall–Kier alpha value is -2.67. The zero-order valence-corrected chi connectivity index (χ0v) is 16.2. The van der Waals surface area contributed by atoms with Crippen LogP contribution in [0, 0.1) is 0 Å². The van der Waals surface area contributed by atoms with Gasteiger partial charge >= 0.3 is 0 Å². The maximum absolute atomic E-state index is 12.3. The Kier molecular flexibility index (Phi) is 5.91. The number of benzene rings is 1. The molecule has 2 N–H and O–H groups in total. The fourth-order valence-electron chi connectivity index (χ4n) is 3.48. The minimum absolute atomic E-state index is 0.0363. The van der Waals surface area contributed by atoms with Crippen molar-refractivity contribution >= 4 is 11.9 Å². The third-order valence-electron chi connectivity index (χ3n) is 4.98. The van der Waals surface area contributed by atoms with Crippen molar-refractivity contribution < 1.29 is 9.53 Å². The van der Waals surface area contributed by atoms with Crippen molar-refractivity contribution in [1.82, 2.24) is 19.8 Å². The van der Waals surface area contributed by atoms with Crippen LogP contribution in [0.25, 0.3) is 11.1 Å². The van der Waals surface area contributed by atoms with E-state index in [1.165, 1.54) is 0 Å². The van der Waals surface area contributed by atoms with Gasteiger partial charge < -0.3 is 15.4 Å². The van der Waals surface area contributed by atoms with E-state index >= 15 is 0 Å². The Balaban J connectivity index is 2.00. The number of nitrogens with zero attached hydrogens (tertiary/aromatic N) is 4. The standard InChI is InChI=1S/C20H27N5O2/c1-24(2)18(26)13-25-10-5-4-9-17(25)19-16(12-22-20(21)23-19)14-7-6-8-15(11-14)27-3/h6-8,11-12,17H,4-5,9-10,13H2,1-3H3,(H2,21,22,23)/t17-/m1/s1. The van der Waals surface area contributed by atoms with Gasteiger partial charge in [0.05, 0.1) is 25.4 Å². The summed E-state index contributed by atoms with van der Waals surface area (Å²) in [6.07, 6.45) is 4.88. The molecular weight excluding hydrogens is 342 g/mol. The van der Waals surface area contributed by atoms with Crippen LogP contribution in [0.2, 0.25) is 0 Å². The van der Waals surface area contributed by atoms with Crippen molar-refractivity contribution in [3.8, 4) is 16.9 Å². The fraction of sp³-hybridized carbons (Fsp3) is 0.450. The summed E-state index contributed by atoms with van der Waals surface area (Å²) in [6, 6.07) is 7.87. The van der Waals surface area contributed by atoms with Crippen LogP contribution < -0.4 is 10.5 Å². The highest BCUT2D eigenvalue weighted by Crippen LogP contribution is 2.36. The molecule has 7 heteroatoms. The lowest BCUT2D eigenvalue weighted by molar-refractivity contribution is -0.130. The van der Waals surface area contributed by atoms with Crippen LogP contribution in [0.1, 0.15) is 31.0 Å². The van der Waals surface area contributed by atoms with Crippen molar-refractivity contribution in [1.29, 1.82) is 0 Å². The molecule has 0 saturated carbocycles. The molecule has 2 heterocycles. The molecule has 0 unspecified atom stereocenters. The second-order valence-corrected chi connectivity index (χ2v) is 7.03. The number of carbonyl (C=O) groups excluding carboxylic acids is 1. The van der Waals surface area contributed by atoms with Crippen molar-refractivity contribution in [3.05, 3.63) is 36.2 Å². The molecule has 0 spiro atoms. The number of hydrogen-bond donors (Lipinski definition) is 1. The Labute approximate surface area is 160 Å². The first kappa shape index (κ1) is 19.1. The predicted molar refractivity (Wildman–Crippen MR) is 105 cm³/mol. The van der Waals surface area contributed by atoms with E-state index in [-0.39, 0.29) is 17.9 Å². The Morgan fingerprint density at radius 2 is 2.19 bits per heavy atom. The Morgan fingerprint density at radius 3 is 2.93 bits per heavy atom. The molecule has 1 aliphatic heterocycles. The third-order valence-corrected chi connectivity index (χ3v) is 4.98. The SMILES string of the molecule is COc1cccc(-c2cnc(N)nc2[C@H]2CCCCN2CC(=O)N(C)C)c1. The van der Waals surface area contributed by atoms with E-state index in [0.717, 1.165) is 48.4 Å². The van der Waals surface area contributed by atoms with Crippen LogP contribution in [-0.4, -0.2) is 60.0 Å². The molecule has 1 aromatic carbocycles. The number of piperidine rings is 1. The highest BCUT2D eigenvalue weighted by molar-refractivity contribution is 5.77. The molecule has 1 fully saturated rings. The molecule has 144 valence electrons. The summed E-state index contributed by atoms with van der Waals surface area (Å²) in [5.41, 5.74) is 8.71.